The molecule has 2 N–H and O–H groups in total. The number of ether oxygens (including phenoxy) is 1. The molecule has 0 aromatic carbocycles. The van der Waals surface area contributed by atoms with Gasteiger partial charge in [-0.05, 0) is 6.42 Å². The fourth-order valence-corrected chi connectivity index (χ4v) is 1.26. The number of methoxy groups -OCH3 is 1. The lowest BCUT2D eigenvalue weighted by atomic mass is 10.3. The van der Waals surface area contributed by atoms with Crippen molar-refractivity contribution in [2.24, 2.45) is 0 Å². The molecule has 104 valence electrons. The van der Waals surface area contributed by atoms with Crippen LogP contribution in [0, 0.1) is 0 Å². The van der Waals surface area contributed by atoms with Crippen LogP contribution < -0.4 is 5.32 Å². The lowest BCUT2D eigenvalue weighted by molar-refractivity contribution is -0.144. The van der Waals surface area contributed by atoms with Gasteiger partial charge in [-0.3, -0.25) is 14.4 Å². The summed E-state index contributed by atoms with van der Waals surface area (Å²) in [5.41, 5.74) is 0. The highest BCUT2D eigenvalue weighted by Gasteiger charge is 2.16. The van der Waals surface area contributed by atoms with Crippen LogP contribution in [0.5, 0.6) is 0 Å². The van der Waals surface area contributed by atoms with Crippen molar-refractivity contribution < 1.29 is 24.2 Å². The summed E-state index contributed by atoms with van der Waals surface area (Å²) < 4.78 is 4.79. The molecule has 0 atom stereocenters. The number of nitrogens with zero attached hydrogens (tertiary/aromatic N) is 1. The Morgan fingerprint density at radius 1 is 1.33 bits per heavy atom. The highest BCUT2D eigenvalue weighted by molar-refractivity contribution is 5.86. The first-order chi connectivity index (χ1) is 8.51. The van der Waals surface area contributed by atoms with Gasteiger partial charge in [0.15, 0.2) is 0 Å². The second-order valence-corrected chi connectivity index (χ2v) is 3.73. The number of carboxylic acid groups (broad SMARTS) is 1. The molecule has 0 aliphatic rings. The van der Waals surface area contributed by atoms with Gasteiger partial charge in [0.2, 0.25) is 11.8 Å². The lowest BCUT2D eigenvalue weighted by Gasteiger charge is -2.20. The molecule has 18 heavy (non-hydrogen) atoms. The first-order valence-corrected chi connectivity index (χ1v) is 5.76. The summed E-state index contributed by atoms with van der Waals surface area (Å²) in [7, 11) is 1.46. The number of nitrogens with one attached hydrogen (secondary N) is 1. The Hall–Kier alpha value is -1.63. The molecular weight excluding hydrogens is 240 g/mol. The van der Waals surface area contributed by atoms with Crippen LogP contribution in [0.4, 0.5) is 0 Å². The van der Waals surface area contributed by atoms with E-state index in [0.717, 1.165) is 4.90 Å². The van der Waals surface area contributed by atoms with Gasteiger partial charge < -0.3 is 20.1 Å². The maximum absolute atomic E-state index is 11.7. The topological polar surface area (TPSA) is 95.9 Å². The Morgan fingerprint density at radius 2 is 2.00 bits per heavy atom. The van der Waals surface area contributed by atoms with Gasteiger partial charge in [-0.2, -0.15) is 0 Å². The van der Waals surface area contributed by atoms with Crippen LogP contribution in [0.3, 0.4) is 0 Å². The third-order valence-corrected chi connectivity index (χ3v) is 2.16. The SMILES string of the molecule is CCCC(=O)NCC(=O)N(CCOC)CC(=O)O. The molecule has 0 rings (SSSR count). The molecule has 0 heterocycles. The molecule has 0 aromatic rings. The van der Waals surface area contributed by atoms with Crippen LogP contribution in [0.2, 0.25) is 0 Å². The van der Waals surface area contributed by atoms with Crippen molar-refractivity contribution in [1.29, 1.82) is 0 Å². The second-order valence-electron chi connectivity index (χ2n) is 3.73. The first-order valence-electron chi connectivity index (χ1n) is 5.76. The van der Waals surface area contributed by atoms with Crippen molar-refractivity contribution in [2.45, 2.75) is 19.8 Å². The number of carbonyl (C=O) groups is 3. The quantitative estimate of drug-likeness (QED) is 0.580. The van der Waals surface area contributed by atoms with E-state index in [-0.39, 0.29) is 25.6 Å². The fraction of sp³-hybridized carbons (Fsp3) is 0.727. The minimum Gasteiger partial charge on any atom is -0.480 e. The average molecular weight is 260 g/mol. The lowest BCUT2D eigenvalue weighted by Crippen LogP contribution is -2.43. The van der Waals surface area contributed by atoms with Crippen LogP contribution in [-0.4, -0.2) is 61.1 Å². The summed E-state index contributed by atoms with van der Waals surface area (Å²) in [6, 6.07) is 0. The minimum atomic E-state index is -1.10. The van der Waals surface area contributed by atoms with Crippen molar-refractivity contribution in [3.05, 3.63) is 0 Å². The largest absolute Gasteiger partial charge is 0.480 e. The number of rotatable bonds is 9. The molecule has 0 unspecified atom stereocenters. The number of hydrogen-bond acceptors (Lipinski definition) is 4. The van der Waals surface area contributed by atoms with Crippen LogP contribution in [0.25, 0.3) is 0 Å². The zero-order valence-electron chi connectivity index (χ0n) is 10.8. The van der Waals surface area contributed by atoms with Crippen molar-refractivity contribution in [3.63, 3.8) is 0 Å². The molecule has 0 saturated carbocycles. The molecule has 0 aromatic heterocycles. The van der Waals surface area contributed by atoms with Gasteiger partial charge in [0.25, 0.3) is 0 Å². The Labute approximate surface area is 106 Å². The molecule has 7 heteroatoms. The molecule has 2 amide bonds. The second kappa shape index (κ2) is 9.41. The van der Waals surface area contributed by atoms with Crippen molar-refractivity contribution in [2.75, 3.05) is 33.4 Å². The third-order valence-electron chi connectivity index (χ3n) is 2.16. The van der Waals surface area contributed by atoms with E-state index in [1.165, 1.54) is 7.11 Å². The zero-order valence-corrected chi connectivity index (χ0v) is 10.8. The molecular formula is C11H20N2O5. The maximum Gasteiger partial charge on any atom is 0.323 e. The van der Waals surface area contributed by atoms with Gasteiger partial charge in [-0.25, -0.2) is 0 Å². The standard InChI is InChI=1S/C11H20N2O5/c1-3-4-9(14)12-7-10(15)13(5-6-18-2)8-11(16)17/h3-8H2,1-2H3,(H,12,14)(H,16,17). The summed E-state index contributed by atoms with van der Waals surface area (Å²) in [5.74, 6) is -1.74. The zero-order chi connectivity index (χ0) is 14.0. The highest BCUT2D eigenvalue weighted by atomic mass is 16.5. The molecule has 7 nitrogen and oxygen atoms in total. The highest BCUT2D eigenvalue weighted by Crippen LogP contribution is 1.91. The van der Waals surface area contributed by atoms with Crippen molar-refractivity contribution >= 4 is 17.8 Å². The molecule has 0 spiro atoms. The third kappa shape index (κ3) is 7.61. The summed E-state index contributed by atoms with van der Waals surface area (Å²) in [5, 5.41) is 11.1. The number of aliphatic carboxylic acids is 1. The summed E-state index contributed by atoms with van der Waals surface area (Å²) in [6.07, 6.45) is 1.05. The number of carbonyl (C=O) groups excluding carboxylic acids is 2. The van der Waals surface area contributed by atoms with Crippen molar-refractivity contribution in [1.82, 2.24) is 10.2 Å². The average Bonchev–Trinajstić information content (AvgIpc) is 2.31. The minimum absolute atomic E-state index is 0.185. The van der Waals surface area contributed by atoms with E-state index in [0.29, 0.717) is 12.8 Å². The van der Waals surface area contributed by atoms with E-state index < -0.39 is 18.4 Å². The van der Waals surface area contributed by atoms with E-state index in [4.69, 9.17) is 9.84 Å². The van der Waals surface area contributed by atoms with Gasteiger partial charge in [0.1, 0.15) is 6.54 Å². The van der Waals surface area contributed by atoms with Crippen LogP contribution >= 0.6 is 0 Å². The van der Waals surface area contributed by atoms with Crippen LogP contribution in [0.15, 0.2) is 0 Å². The van der Waals surface area contributed by atoms with Crippen LogP contribution in [0.1, 0.15) is 19.8 Å². The fourth-order valence-electron chi connectivity index (χ4n) is 1.26. The summed E-state index contributed by atoms with van der Waals surface area (Å²) >= 11 is 0. The molecule has 0 saturated heterocycles. The van der Waals surface area contributed by atoms with Crippen LogP contribution in [-0.2, 0) is 19.1 Å². The number of carboxylic acids is 1. The maximum atomic E-state index is 11.7. The molecule has 0 aliphatic carbocycles. The number of amides is 2. The Morgan fingerprint density at radius 3 is 2.50 bits per heavy atom. The van der Waals surface area contributed by atoms with Gasteiger partial charge in [0.05, 0.1) is 13.2 Å². The monoisotopic (exact) mass is 260 g/mol. The Kier molecular flexibility index (Phi) is 8.55. The summed E-state index contributed by atoms with van der Waals surface area (Å²) in [6.45, 7) is 1.71. The molecule has 0 bridgehead atoms. The summed E-state index contributed by atoms with van der Waals surface area (Å²) in [4.78, 5) is 34.6. The normalized spacial score (nSPS) is 9.89. The van der Waals surface area contributed by atoms with Gasteiger partial charge in [-0.15, -0.1) is 0 Å². The smallest absolute Gasteiger partial charge is 0.323 e. The molecule has 0 fully saturated rings. The van der Waals surface area contributed by atoms with Crippen molar-refractivity contribution in [3.8, 4) is 0 Å². The predicted molar refractivity (Wildman–Crippen MR) is 64.0 cm³/mol. The van der Waals surface area contributed by atoms with E-state index in [2.05, 4.69) is 5.32 Å². The number of hydrogen-bond donors (Lipinski definition) is 2. The first kappa shape index (κ1) is 16.4. The molecule has 0 aliphatic heterocycles. The van der Waals surface area contributed by atoms with E-state index in [1.807, 2.05) is 6.92 Å². The predicted octanol–water partition coefficient (Wildman–Crippen LogP) is -0.538. The van der Waals surface area contributed by atoms with E-state index in [9.17, 15) is 14.4 Å². The van der Waals surface area contributed by atoms with E-state index in [1.54, 1.807) is 0 Å². The Bertz CT molecular complexity index is 293. The molecule has 0 radical (unpaired) electrons. The Balaban J connectivity index is 4.19. The van der Waals surface area contributed by atoms with Gasteiger partial charge in [-0.1, -0.05) is 6.92 Å². The van der Waals surface area contributed by atoms with Gasteiger partial charge in [0, 0.05) is 20.1 Å². The van der Waals surface area contributed by atoms with Gasteiger partial charge >= 0.3 is 5.97 Å². The van der Waals surface area contributed by atoms with E-state index >= 15 is 0 Å².